The number of likely N-dealkylation sites (N-methyl/N-ethyl adjacent to an activating group) is 1. The van der Waals surface area contributed by atoms with Crippen LogP contribution in [0, 0.1) is 0 Å². The van der Waals surface area contributed by atoms with Gasteiger partial charge < -0.3 is 15.4 Å². The lowest BCUT2D eigenvalue weighted by atomic mass is 10.2. The zero-order valence-electron chi connectivity index (χ0n) is 14.0. The molecular weight excluding hydrogens is 292 g/mol. The topological polar surface area (TPSA) is 66.0 Å². The molecule has 6 nitrogen and oxygen atoms in total. The summed E-state index contributed by atoms with van der Waals surface area (Å²) in [6.07, 6.45) is 1.96. The number of aliphatic imine (C=N–C) groups is 1. The summed E-state index contributed by atoms with van der Waals surface area (Å²) in [6.45, 7) is 5.98. The highest BCUT2D eigenvalue weighted by Gasteiger charge is 2.13. The molecular formula is C17H26N4O2. The molecule has 0 bridgehead atoms. The first kappa shape index (κ1) is 17.3. The highest BCUT2D eigenvalue weighted by molar-refractivity contribution is 5.93. The van der Waals surface area contributed by atoms with Crippen molar-refractivity contribution in [2.75, 3.05) is 45.2 Å². The number of hydrogen-bond acceptors (Lipinski definition) is 5. The fourth-order valence-electron chi connectivity index (χ4n) is 2.50. The number of ether oxygens (including phenoxy) is 1. The van der Waals surface area contributed by atoms with E-state index in [1.54, 1.807) is 7.11 Å². The summed E-state index contributed by atoms with van der Waals surface area (Å²) in [5, 5.41) is 6.23. The number of amidine groups is 1. The Bertz CT molecular complexity index is 545. The summed E-state index contributed by atoms with van der Waals surface area (Å²) in [5.74, 6) is 1.69. The summed E-state index contributed by atoms with van der Waals surface area (Å²) in [4.78, 5) is 18.8. The van der Waals surface area contributed by atoms with Crippen LogP contribution in [0.3, 0.4) is 0 Å². The number of carbonyl (C=O) groups is 1. The number of nitrogens with zero attached hydrogens (tertiary/aromatic N) is 2. The summed E-state index contributed by atoms with van der Waals surface area (Å²) < 4.78 is 5.25. The first-order valence-corrected chi connectivity index (χ1v) is 8.15. The number of amides is 1. The number of anilines is 1. The van der Waals surface area contributed by atoms with Crippen LogP contribution in [0.1, 0.15) is 19.8 Å². The molecule has 1 heterocycles. The van der Waals surface area contributed by atoms with E-state index >= 15 is 0 Å². The van der Waals surface area contributed by atoms with E-state index in [9.17, 15) is 4.79 Å². The second-order valence-electron chi connectivity index (χ2n) is 5.48. The molecule has 0 unspecified atom stereocenters. The predicted octanol–water partition coefficient (Wildman–Crippen LogP) is 1.74. The quantitative estimate of drug-likeness (QED) is 0.766. The SMILES string of the molecule is CCN(CCC1=NCCCN1)CC(=O)Nc1ccccc1OC. The van der Waals surface area contributed by atoms with Crippen molar-refractivity contribution in [2.24, 2.45) is 4.99 Å². The Labute approximate surface area is 137 Å². The number of nitrogens with one attached hydrogen (secondary N) is 2. The van der Waals surface area contributed by atoms with Gasteiger partial charge in [-0.3, -0.25) is 14.7 Å². The van der Waals surface area contributed by atoms with Crippen LogP contribution in [0.25, 0.3) is 0 Å². The molecule has 2 rings (SSSR count). The lowest BCUT2D eigenvalue weighted by Crippen LogP contribution is -2.37. The van der Waals surface area contributed by atoms with E-state index in [0.717, 1.165) is 44.9 Å². The minimum absolute atomic E-state index is 0.0325. The molecule has 1 aromatic carbocycles. The maximum Gasteiger partial charge on any atom is 0.238 e. The first-order valence-electron chi connectivity index (χ1n) is 8.15. The molecule has 0 aliphatic carbocycles. The van der Waals surface area contributed by atoms with Gasteiger partial charge in [-0.1, -0.05) is 19.1 Å². The van der Waals surface area contributed by atoms with Gasteiger partial charge in [0.1, 0.15) is 5.75 Å². The van der Waals surface area contributed by atoms with Gasteiger partial charge >= 0.3 is 0 Å². The van der Waals surface area contributed by atoms with Crippen molar-refractivity contribution >= 4 is 17.4 Å². The van der Waals surface area contributed by atoms with E-state index < -0.39 is 0 Å². The molecule has 6 heteroatoms. The van der Waals surface area contributed by atoms with Gasteiger partial charge in [-0.05, 0) is 25.1 Å². The van der Waals surface area contributed by atoms with Crippen LogP contribution in [0.15, 0.2) is 29.3 Å². The number of methoxy groups -OCH3 is 1. The number of para-hydroxylation sites is 2. The lowest BCUT2D eigenvalue weighted by molar-refractivity contribution is -0.117. The van der Waals surface area contributed by atoms with Crippen molar-refractivity contribution in [3.8, 4) is 5.75 Å². The fraction of sp³-hybridized carbons (Fsp3) is 0.529. The van der Waals surface area contributed by atoms with E-state index in [1.807, 2.05) is 24.3 Å². The van der Waals surface area contributed by atoms with Gasteiger partial charge in [0.05, 0.1) is 25.2 Å². The second-order valence-corrected chi connectivity index (χ2v) is 5.48. The minimum Gasteiger partial charge on any atom is -0.495 e. The van der Waals surface area contributed by atoms with Gasteiger partial charge in [0.25, 0.3) is 0 Å². The van der Waals surface area contributed by atoms with E-state index in [4.69, 9.17) is 4.74 Å². The fourth-order valence-corrected chi connectivity index (χ4v) is 2.50. The van der Waals surface area contributed by atoms with Crippen molar-refractivity contribution in [3.63, 3.8) is 0 Å². The van der Waals surface area contributed by atoms with Crippen molar-refractivity contribution in [1.29, 1.82) is 0 Å². The largest absolute Gasteiger partial charge is 0.495 e. The van der Waals surface area contributed by atoms with Crippen molar-refractivity contribution < 1.29 is 9.53 Å². The highest BCUT2D eigenvalue weighted by atomic mass is 16.5. The van der Waals surface area contributed by atoms with Crippen molar-refractivity contribution in [3.05, 3.63) is 24.3 Å². The Morgan fingerprint density at radius 2 is 2.26 bits per heavy atom. The van der Waals surface area contributed by atoms with Gasteiger partial charge in [0.15, 0.2) is 0 Å². The van der Waals surface area contributed by atoms with Gasteiger partial charge in [0, 0.05) is 26.1 Å². The van der Waals surface area contributed by atoms with Crippen LogP contribution in [-0.4, -0.2) is 56.5 Å². The third-order valence-corrected chi connectivity index (χ3v) is 3.83. The third kappa shape index (κ3) is 5.56. The summed E-state index contributed by atoms with van der Waals surface area (Å²) in [6, 6.07) is 7.43. The molecule has 0 atom stereocenters. The predicted molar refractivity (Wildman–Crippen MR) is 93.3 cm³/mol. The summed E-state index contributed by atoms with van der Waals surface area (Å²) >= 11 is 0. The Hall–Kier alpha value is -2.08. The maximum atomic E-state index is 12.2. The van der Waals surface area contributed by atoms with Crippen LogP contribution >= 0.6 is 0 Å². The zero-order valence-corrected chi connectivity index (χ0v) is 14.0. The van der Waals surface area contributed by atoms with Gasteiger partial charge in [-0.15, -0.1) is 0 Å². The van der Waals surface area contributed by atoms with Crippen molar-refractivity contribution in [2.45, 2.75) is 19.8 Å². The second kappa shape index (κ2) is 9.15. The molecule has 0 spiro atoms. The Kier molecular flexibility index (Phi) is 6.87. The molecule has 0 saturated heterocycles. The molecule has 1 aliphatic rings. The van der Waals surface area contributed by atoms with Gasteiger partial charge in [0.2, 0.25) is 5.91 Å². The van der Waals surface area contributed by atoms with Crippen molar-refractivity contribution in [1.82, 2.24) is 10.2 Å². The average molecular weight is 318 g/mol. The summed E-state index contributed by atoms with van der Waals surface area (Å²) in [5.41, 5.74) is 0.703. The van der Waals surface area contributed by atoms with Crippen LogP contribution in [-0.2, 0) is 4.79 Å². The zero-order chi connectivity index (χ0) is 16.5. The molecule has 1 aliphatic heterocycles. The minimum atomic E-state index is -0.0325. The Morgan fingerprint density at radius 3 is 2.96 bits per heavy atom. The highest BCUT2D eigenvalue weighted by Crippen LogP contribution is 2.22. The molecule has 2 N–H and O–H groups in total. The standard InChI is InChI=1S/C17H26N4O2/c1-3-21(12-9-16-18-10-6-11-19-16)13-17(22)20-14-7-4-5-8-15(14)23-2/h4-5,7-8H,3,6,9-13H2,1-2H3,(H,18,19)(H,20,22). The molecule has 0 saturated carbocycles. The number of rotatable bonds is 8. The first-order chi connectivity index (χ1) is 11.2. The number of carbonyl (C=O) groups excluding carboxylic acids is 1. The Balaban J connectivity index is 1.83. The normalized spacial score (nSPS) is 14.1. The van der Waals surface area contributed by atoms with E-state index in [2.05, 4.69) is 27.4 Å². The molecule has 126 valence electrons. The van der Waals surface area contributed by atoms with E-state index in [1.165, 1.54) is 0 Å². The Morgan fingerprint density at radius 1 is 1.43 bits per heavy atom. The van der Waals surface area contributed by atoms with E-state index in [-0.39, 0.29) is 5.91 Å². The van der Waals surface area contributed by atoms with Gasteiger partial charge in [-0.25, -0.2) is 0 Å². The third-order valence-electron chi connectivity index (χ3n) is 3.83. The average Bonchev–Trinajstić information content (AvgIpc) is 2.60. The molecule has 1 amide bonds. The van der Waals surface area contributed by atoms with Gasteiger partial charge in [-0.2, -0.15) is 0 Å². The maximum absolute atomic E-state index is 12.2. The van der Waals surface area contributed by atoms with E-state index in [0.29, 0.717) is 18.0 Å². The molecule has 23 heavy (non-hydrogen) atoms. The molecule has 0 fully saturated rings. The molecule has 0 aromatic heterocycles. The monoisotopic (exact) mass is 318 g/mol. The van der Waals surface area contributed by atoms with Crippen LogP contribution < -0.4 is 15.4 Å². The van der Waals surface area contributed by atoms with Crippen LogP contribution in [0.4, 0.5) is 5.69 Å². The molecule has 1 aromatic rings. The van der Waals surface area contributed by atoms with Crippen LogP contribution in [0.5, 0.6) is 5.75 Å². The van der Waals surface area contributed by atoms with Crippen LogP contribution in [0.2, 0.25) is 0 Å². The molecule has 0 radical (unpaired) electrons. The summed E-state index contributed by atoms with van der Waals surface area (Å²) in [7, 11) is 1.60. The number of benzene rings is 1. The number of hydrogen-bond donors (Lipinski definition) is 2. The smallest absolute Gasteiger partial charge is 0.238 e. The lowest BCUT2D eigenvalue weighted by Gasteiger charge is -2.22.